The maximum absolute atomic E-state index is 13.3. The molecule has 0 spiro atoms. The summed E-state index contributed by atoms with van der Waals surface area (Å²) in [6.45, 7) is 10.6. The van der Waals surface area contributed by atoms with Gasteiger partial charge in [-0.3, -0.25) is 19.2 Å². The lowest BCUT2D eigenvalue weighted by molar-refractivity contribution is -0.175. The van der Waals surface area contributed by atoms with E-state index < -0.39 is 34.7 Å². The molecule has 0 aromatic heterocycles. The zero-order valence-electron chi connectivity index (χ0n) is 22.8. The number of esters is 4. The molecule has 0 saturated heterocycles. The van der Waals surface area contributed by atoms with E-state index in [9.17, 15) is 19.2 Å². The SMILES string of the molecule is C=C=CCC(CCCCC(Cc1ccccc1I)(C(=O)OCC)C(=O)OCC)(C(=O)OCC)C(=O)OCC. The van der Waals surface area contributed by atoms with Gasteiger partial charge in [0.25, 0.3) is 0 Å². The Labute approximate surface area is 239 Å². The molecule has 8 nitrogen and oxygen atoms in total. The lowest BCUT2D eigenvalue weighted by Gasteiger charge is -2.31. The molecule has 0 bridgehead atoms. The quantitative estimate of drug-likeness (QED) is 0.0560. The van der Waals surface area contributed by atoms with Gasteiger partial charge < -0.3 is 18.9 Å². The number of benzene rings is 1. The van der Waals surface area contributed by atoms with Crippen molar-refractivity contribution in [3.8, 4) is 0 Å². The number of unbranched alkanes of at least 4 members (excludes halogenated alkanes) is 1. The van der Waals surface area contributed by atoms with Crippen LogP contribution < -0.4 is 0 Å². The third-order valence-electron chi connectivity index (χ3n) is 6.17. The Hall–Kier alpha value is -2.65. The highest BCUT2D eigenvalue weighted by Crippen LogP contribution is 2.38. The Morgan fingerprint density at radius 3 is 1.63 bits per heavy atom. The minimum Gasteiger partial charge on any atom is -0.465 e. The topological polar surface area (TPSA) is 105 Å². The molecule has 0 amide bonds. The first kappa shape index (κ1) is 33.4. The largest absolute Gasteiger partial charge is 0.465 e. The number of carbonyl (C=O) groups excluding carboxylic acids is 4. The van der Waals surface area contributed by atoms with Crippen LogP contribution in [0.4, 0.5) is 0 Å². The Bertz CT molecular complexity index is 960. The van der Waals surface area contributed by atoms with E-state index >= 15 is 0 Å². The first-order valence-electron chi connectivity index (χ1n) is 13.0. The smallest absolute Gasteiger partial charge is 0.323 e. The van der Waals surface area contributed by atoms with Crippen LogP contribution in [0, 0.1) is 14.4 Å². The van der Waals surface area contributed by atoms with E-state index in [1.54, 1.807) is 27.7 Å². The minimum absolute atomic E-state index is 0.0112. The lowest BCUT2D eigenvalue weighted by atomic mass is 9.75. The van der Waals surface area contributed by atoms with E-state index in [2.05, 4.69) is 34.9 Å². The summed E-state index contributed by atoms with van der Waals surface area (Å²) in [7, 11) is 0. The maximum atomic E-state index is 13.3. The summed E-state index contributed by atoms with van der Waals surface area (Å²) < 4.78 is 22.1. The molecule has 0 unspecified atom stereocenters. The summed E-state index contributed by atoms with van der Waals surface area (Å²) >= 11 is 2.17. The zero-order valence-corrected chi connectivity index (χ0v) is 25.0. The van der Waals surface area contributed by atoms with Gasteiger partial charge in [0.15, 0.2) is 10.8 Å². The van der Waals surface area contributed by atoms with Crippen LogP contribution in [0.1, 0.15) is 65.4 Å². The fourth-order valence-electron chi connectivity index (χ4n) is 4.22. The molecule has 0 atom stereocenters. The molecule has 1 aromatic carbocycles. The maximum Gasteiger partial charge on any atom is 0.323 e. The van der Waals surface area contributed by atoms with Crippen molar-refractivity contribution in [3.05, 3.63) is 51.8 Å². The van der Waals surface area contributed by atoms with Crippen LogP contribution in [0.2, 0.25) is 0 Å². The van der Waals surface area contributed by atoms with E-state index in [0.29, 0.717) is 12.8 Å². The van der Waals surface area contributed by atoms with Crippen LogP contribution in [0.25, 0.3) is 0 Å². The van der Waals surface area contributed by atoms with Gasteiger partial charge in [-0.25, -0.2) is 0 Å². The van der Waals surface area contributed by atoms with Gasteiger partial charge in [0.2, 0.25) is 0 Å². The van der Waals surface area contributed by atoms with Crippen LogP contribution in [-0.2, 0) is 44.5 Å². The number of halogens is 1. The second-order valence-corrected chi connectivity index (χ2v) is 9.80. The van der Waals surface area contributed by atoms with E-state index in [0.717, 1.165) is 9.13 Å². The summed E-state index contributed by atoms with van der Waals surface area (Å²) in [5.41, 5.74) is 0.266. The number of carbonyl (C=O) groups is 4. The van der Waals surface area contributed by atoms with Crippen LogP contribution in [0.15, 0.2) is 42.7 Å². The Balaban J connectivity index is 3.36. The van der Waals surface area contributed by atoms with Crippen molar-refractivity contribution in [2.45, 2.75) is 66.2 Å². The van der Waals surface area contributed by atoms with Crippen molar-refractivity contribution in [2.75, 3.05) is 26.4 Å². The van der Waals surface area contributed by atoms with Crippen LogP contribution in [0.5, 0.6) is 0 Å². The van der Waals surface area contributed by atoms with Crippen molar-refractivity contribution < 1.29 is 38.1 Å². The van der Waals surface area contributed by atoms with Crippen molar-refractivity contribution >= 4 is 46.5 Å². The molecule has 1 rings (SSSR count). The van der Waals surface area contributed by atoms with E-state index in [4.69, 9.17) is 18.9 Å². The van der Waals surface area contributed by atoms with E-state index in [1.165, 1.54) is 6.08 Å². The molecule has 1 aromatic rings. The summed E-state index contributed by atoms with van der Waals surface area (Å²) in [6.07, 6.45) is 2.48. The van der Waals surface area contributed by atoms with Gasteiger partial charge in [-0.2, -0.15) is 0 Å². The first-order chi connectivity index (χ1) is 18.2. The number of hydrogen-bond donors (Lipinski definition) is 0. The number of rotatable bonds is 17. The fraction of sp³-hybridized carbons (Fsp3) is 0.552. The standard InChI is InChI=1S/C29H39IO8/c1-6-11-18-28(24(31)35-7-2,25(32)36-8-3)19-14-15-20-29(26(33)37-9-4,27(34)38-10-5)21-22-16-12-13-17-23(22)30/h11-13,16-17H,1,7-10,14-15,18-21H2,2-5H3. The highest BCUT2D eigenvalue weighted by Gasteiger charge is 2.50. The molecule has 0 heterocycles. The molecule has 0 aliphatic carbocycles. The average Bonchev–Trinajstić information content (AvgIpc) is 2.89. The van der Waals surface area contributed by atoms with Gasteiger partial charge in [0.1, 0.15) is 0 Å². The summed E-state index contributed by atoms with van der Waals surface area (Å²) in [5, 5.41) is 0. The molecule has 210 valence electrons. The third kappa shape index (κ3) is 8.70. The Morgan fingerprint density at radius 1 is 0.789 bits per heavy atom. The number of hydrogen-bond acceptors (Lipinski definition) is 8. The predicted molar refractivity (Wildman–Crippen MR) is 151 cm³/mol. The van der Waals surface area contributed by atoms with Gasteiger partial charge in [-0.15, -0.1) is 5.73 Å². The van der Waals surface area contributed by atoms with Gasteiger partial charge in [-0.1, -0.05) is 37.6 Å². The molecule has 0 radical (unpaired) electrons. The van der Waals surface area contributed by atoms with Gasteiger partial charge >= 0.3 is 23.9 Å². The third-order valence-corrected chi connectivity index (χ3v) is 7.22. The van der Waals surface area contributed by atoms with Crippen LogP contribution in [-0.4, -0.2) is 50.3 Å². The second-order valence-electron chi connectivity index (χ2n) is 8.63. The van der Waals surface area contributed by atoms with Gasteiger partial charge in [-0.05, 0) is 87.3 Å². The van der Waals surface area contributed by atoms with Crippen molar-refractivity contribution in [2.24, 2.45) is 10.8 Å². The molecular formula is C29H39IO8. The second kappa shape index (κ2) is 17.0. The highest BCUT2D eigenvalue weighted by molar-refractivity contribution is 14.1. The normalized spacial score (nSPS) is 11.2. The molecular weight excluding hydrogens is 603 g/mol. The highest BCUT2D eigenvalue weighted by atomic mass is 127. The monoisotopic (exact) mass is 642 g/mol. The zero-order chi connectivity index (χ0) is 28.6. The minimum atomic E-state index is -1.58. The average molecular weight is 643 g/mol. The fourth-order valence-corrected chi connectivity index (χ4v) is 4.80. The number of allylic oxidation sites excluding steroid dienone is 1. The molecule has 38 heavy (non-hydrogen) atoms. The molecule has 0 aliphatic heterocycles. The van der Waals surface area contributed by atoms with Crippen molar-refractivity contribution in [1.82, 2.24) is 0 Å². The molecule has 0 saturated carbocycles. The number of ether oxygens (including phenoxy) is 4. The van der Waals surface area contributed by atoms with Crippen LogP contribution >= 0.6 is 22.6 Å². The molecule has 0 aliphatic rings. The van der Waals surface area contributed by atoms with Gasteiger partial charge in [0, 0.05) is 9.99 Å². The predicted octanol–water partition coefficient (Wildman–Crippen LogP) is 5.35. The molecule has 9 heteroatoms. The molecule has 0 fully saturated rings. The first-order valence-corrected chi connectivity index (χ1v) is 14.0. The van der Waals surface area contributed by atoms with Crippen LogP contribution in [0.3, 0.4) is 0 Å². The Kier molecular flexibility index (Phi) is 15.0. The van der Waals surface area contributed by atoms with Crippen molar-refractivity contribution in [3.63, 3.8) is 0 Å². The van der Waals surface area contributed by atoms with E-state index in [-0.39, 0.29) is 52.1 Å². The summed E-state index contributed by atoms with van der Waals surface area (Å²) in [5.74, 6) is -2.69. The Morgan fingerprint density at radius 2 is 1.21 bits per heavy atom. The van der Waals surface area contributed by atoms with Crippen molar-refractivity contribution in [1.29, 1.82) is 0 Å². The van der Waals surface area contributed by atoms with Gasteiger partial charge in [0.05, 0.1) is 26.4 Å². The van der Waals surface area contributed by atoms with E-state index in [1.807, 2.05) is 24.3 Å². The summed E-state index contributed by atoms with van der Waals surface area (Å²) in [4.78, 5) is 52.7. The summed E-state index contributed by atoms with van der Waals surface area (Å²) in [6, 6.07) is 7.49. The molecule has 0 N–H and O–H groups in total. The lowest BCUT2D eigenvalue weighted by Crippen LogP contribution is -2.44.